The Morgan fingerprint density at radius 2 is 2.08 bits per heavy atom. The van der Waals surface area contributed by atoms with Gasteiger partial charge in [0.25, 0.3) is 0 Å². The van der Waals surface area contributed by atoms with Crippen molar-refractivity contribution in [1.29, 1.82) is 0 Å². The third-order valence-electron chi connectivity index (χ3n) is 6.75. The molecule has 38 heavy (non-hydrogen) atoms. The first-order valence-corrected chi connectivity index (χ1v) is 15.3. The Labute approximate surface area is 228 Å². The van der Waals surface area contributed by atoms with Gasteiger partial charge in [-0.1, -0.05) is 24.3 Å². The zero-order valence-corrected chi connectivity index (χ0v) is 23.8. The van der Waals surface area contributed by atoms with Crippen molar-refractivity contribution < 1.29 is 23.1 Å². The Bertz CT molecular complexity index is 1460. The molecular formula is C29H34N2O5S2. The molecule has 1 aliphatic rings. The molecular weight excluding hydrogens is 520 g/mol. The van der Waals surface area contributed by atoms with E-state index in [1.165, 1.54) is 5.56 Å². The van der Waals surface area contributed by atoms with Crippen LogP contribution in [0, 0.1) is 0 Å². The Morgan fingerprint density at radius 3 is 2.79 bits per heavy atom. The lowest BCUT2D eigenvalue weighted by Crippen LogP contribution is -2.30. The van der Waals surface area contributed by atoms with Gasteiger partial charge in [0.05, 0.1) is 23.2 Å². The molecule has 1 aromatic heterocycles. The molecule has 2 N–H and O–H groups in total. The van der Waals surface area contributed by atoms with E-state index in [9.17, 15) is 13.2 Å². The van der Waals surface area contributed by atoms with Crippen LogP contribution in [0.5, 0.6) is 5.75 Å². The lowest BCUT2D eigenvalue weighted by molar-refractivity contribution is -0.136. The van der Waals surface area contributed by atoms with Crippen molar-refractivity contribution in [3.05, 3.63) is 65.4 Å². The van der Waals surface area contributed by atoms with E-state index in [0.29, 0.717) is 0 Å². The number of allylic oxidation sites excluding steroid dienone is 2. The zero-order chi connectivity index (χ0) is 27.4. The fraction of sp³-hybridized carbons (Fsp3) is 0.379. The van der Waals surface area contributed by atoms with E-state index in [2.05, 4.69) is 42.0 Å². The molecule has 0 spiro atoms. The van der Waals surface area contributed by atoms with Gasteiger partial charge in [-0.15, -0.1) is 11.3 Å². The average molecular weight is 555 g/mol. The second-order valence-corrected chi connectivity index (χ2v) is 12.8. The summed E-state index contributed by atoms with van der Waals surface area (Å²) < 4.78 is 33.0. The summed E-state index contributed by atoms with van der Waals surface area (Å²) in [4.78, 5) is 16.6. The molecule has 2 aromatic carbocycles. The SMILES string of the molecule is CC=C(C)c1cc(-c2ncc(-c3cccc4c3CCC4CNS(=O)(=O)CCC(=O)O)s2)ccc1OC(C)C. The second kappa shape index (κ2) is 11.8. The van der Waals surface area contributed by atoms with Gasteiger partial charge in [0.1, 0.15) is 10.8 Å². The first kappa shape index (κ1) is 28.0. The maximum Gasteiger partial charge on any atom is 0.304 e. The molecule has 1 atom stereocenters. The van der Waals surface area contributed by atoms with E-state index in [0.717, 1.165) is 56.3 Å². The fourth-order valence-corrected chi connectivity index (χ4v) is 6.73. The van der Waals surface area contributed by atoms with Crippen LogP contribution in [0.25, 0.3) is 26.6 Å². The highest BCUT2D eigenvalue weighted by Crippen LogP contribution is 2.42. The Balaban J connectivity index is 1.56. The zero-order valence-electron chi connectivity index (χ0n) is 22.2. The number of thiazole rings is 1. The van der Waals surface area contributed by atoms with E-state index < -0.39 is 28.2 Å². The number of carbonyl (C=O) groups is 1. The number of sulfonamides is 1. The highest BCUT2D eigenvalue weighted by Gasteiger charge is 2.27. The quantitative estimate of drug-likeness (QED) is 0.296. The van der Waals surface area contributed by atoms with Crippen LogP contribution in [0.4, 0.5) is 0 Å². The number of nitrogens with one attached hydrogen (secondary N) is 1. The van der Waals surface area contributed by atoms with Crippen LogP contribution in [0.15, 0.2) is 48.7 Å². The minimum atomic E-state index is -3.63. The number of aromatic nitrogens is 1. The average Bonchev–Trinajstić information content (AvgIpc) is 3.53. The molecule has 1 aliphatic carbocycles. The van der Waals surface area contributed by atoms with E-state index in [1.54, 1.807) is 11.3 Å². The molecule has 0 saturated heterocycles. The first-order valence-electron chi connectivity index (χ1n) is 12.8. The minimum absolute atomic E-state index is 0.0526. The van der Waals surface area contributed by atoms with Crippen LogP contribution in [0.3, 0.4) is 0 Å². The maximum atomic E-state index is 12.2. The highest BCUT2D eigenvalue weighted by atomic mass is 32.2. The largest absolute Gasteiger partial charge is 0.490 e. The molecule has 202 valence electrons. The predicted molar refractivity (Wildman–Crippen MR) is 153 cm³/mol. The molecule has 1 heterocycles. The summed E-state index contributed by atoms with van der Waals surface area (Å²) >= 11 is 1.64. The molecule has 0 saturated carbocycles. The van der Waals surface area contributed by atoms with Crippen LogP contribution >= 0.6 is 11.3 Å². The van der Waals surface area contributed by atoms with Gasteiger partial charge in [0.15, 0.2) is 0 Å². The summed E-state index contributed by atoms with van der Waals surface area (Å²) in [6.07, 6.45) is 5.36. The molecule has 0 aliphatic heterocycles. The summed E-state index contributed by atoms with van der Waals surface area (Å²) in [5, 5.41) is 9.72. The van der Waals surface area contributed by atoms with Gasteiger partial charge in [-0.3, -0.25) is 4.79 Å². The van der Waals surface area contributed by atoms with Gasteiger partial charge >= 0.3 is 5.97 Å². The van der Waals surface area contributed by atoms with Crippen molar-refractivity contribution >= 4 is 32.9 Å². The van der Waals surface area contributed by atoms with Gasteiger partial charge in [0, 0.05) is 23.9 Å². The molecule has 1 unspecified atom stereocenters. The molecule has 7 nitrogen and oxygen atoms in total. The van der Waals surface area contributed by atoms with Crippen molar-refractivity contribution in [3.63, 3.8) is 0 Å². The molecule has 9 heteroatoms. The standard InChI is InChI=1S/C29H34N2O5S2/c1-5-19(4)25-15-20(10-12-26(25)36-18(2)3)29-30-17-27(37-29)24-8-6-7-22-21(9-11-23(22)24)16-31-38(34,35)14-13-28(32)33/h5-8,10,12,15,17-18,21,31H,9,11,13-14,16H2,1-4H3,(H,32,33). The Morgan fingerprint density at radius 1 is 1.29 bits per heavy atom. The van der Waals surface area contributed by atoms with Crippen LogP contribution in [0.1, 0.15) is 63.1 Å². The van der Waals surface area contributed by atoms with Crippen molar-refractivity contribution in [1.82, 2.24) is 9.71 Å². The van der Waals surface area contributed by atoms with Gasteiger partial charge in [0.2, 0.25) is 10.0 Å². The minimum Gasteiger partial charge on any atom is -0.490 e. The van der Waals surface area contributed by atoms with Crippen molar-refractivity contribution in [2.45, 2.75) is 59.0 Å². The summed E-state index contributed by atoms with van der Waals surface area (Å²) in [5.74, 6) is -0.618. The first-order chi connectivity index (χ1) is 18.1. The third kappa shape index (κ3) is 6.51. The normalized spacial score (nSPS) is 15.6. The molecule has 0 radical (unpaired) electrons. The molecule has 4 rings (SSSR count). The molecule has 0 amide bonds. The second-order valence-electron chi connectivity index (χ2n) is 9.80. The number of carboxylic acid groups (broad SMARTS) is 1. The van der Waals surface area contributed by atoms with Gasteiger partial charge in [-0.25, -0.2) is 18.1 Å². The van der Waals surface area contributed by atoms with Crippen LogP contribution in [-0.2, 0) is 21.2 Å². The topological polar surface area (TPSA) is 106 Å². The maximum absolute atomic E-state index is 12.2. The summed E-state index contributed by atoms with van der Waals surface area (Å²) in [7, 11) is -3.63. The molecule has 0 fully saturated rings. The number of ether oxygens (including phenoxy) is 1. The Hall–Kier alpha value is -3.01. The summed E-state index contributed by atoms with van der Waals surface area (Å²) in [6, 6.07) is 12.4. The van der Waals surface area contributed by atoms with Crippen molar-refractivity contribution in [2.24, 2.45) is 0 Å². The number of carboxylic acids is 1. The summed E-state index contributed by atoms with van der Waals surface area (Å²) in [5.41, 5.74) is 6.74. The number of nitrogens with zero attached hydrogens (tertiary/aromatic N) is 1. The van der Waals surface area contributed by atoms with E-state index >= 15 is 0 Å². The van der Waals surface area contributed by atoms with Crippen LogP contribution in [0.2, 0.25) is 0 Å². The van der Waals surface area contributed by atoms with Gasteiger partial charge in [-0.05, 0) is 86.9 Å². The molecule has 0 bridgehead atoms. The summed E-state index contributed by atoms with van der Waals surface area (Å²) in [6.45, 7) is 8.41. The smallest absolute Gasteiger partial charge is 0.304 e. The Kier molecular flexibility index (Phi) is 8.70. The number of benzene rings is 2. The molecule has 3 aromatic rings. The fourth-order valence-electron chi connectivity index (χ4n) is 4.72. The van der Waals surface area contributed by atoms with E-state index in [1.807, 2.05) is 39.1 Å². The number of aliphatic carboxylic acids is 1. The van der Waals surface area contributed by atoms with E-state index in [4.69, 9.17) is 14.8 Å². The van der Waals surface area contributed by atoms with Crippen molar-refractivity contribution in [3.8, 4) is 26.8 Å². The van der Waals surface area contributed by atoms with Gasteiger partial charge < -0.3 is 9.84 Å². The monoisotopic (exact) mass is 554 g/mol. The van der Waals surface area contributed by atoms with Crippen molar-refractivity contribution in [2.75, 3.05) is 12.3 Å². The highest BCUT2D eigenvalue weighted by molar-refractivity contribution is 7.89. The lowest BCUT2D eigenvalue weighted by Gasteiger charge is -2.15. The van der Waals surface area contributed by atoms with E-state index in [-0.39, 0.29) is 18.6 Å². The number of fused-ring (bicyclic) bond motifs is 1. The van der Waals surface area contributed by atoms with Crippen LogP contribution < -0.4 is 9.46 Å². The number of hydrogen-bond acceptors (Lipinski definition) is 6. The lowest BCUT2D eigenvalue weighted by atomic mass is 9.98. The third-order valence-corrected chi connectivity index (χ3v) is 9.18. The number of rotatable bonds is 11. The number of hydrogen-bond donors (Lipinski definition) is 2. The van der Waals surface area contributed by atoms with Gasteiger partial charge in [-0.2, -0.15) is 0 Å². The predicted octanol–water partition coefficient (Wildman–Crippen LogP) is 6.11. The van der Waals surface area contributed by atoms with Crippen LogP contribution in [-0.4, -0.2) is 42.9 Å².